The highest BCUT2D eigenvalue weighted by Gasteiger charge is 1.98. The van der Waals surface area contributed by atoms with Gasteiger partial charge in [0, 0.05) is 0 Å². The van der Waals surface area contributed by atoms with E-state index < -0.39 is 0 Å². The molecule has 0 atom stereocenters. The highest BCUT2D eigenvalue weighted by atomic mass is 14.0. The van der Waals surface area contributed by atoms with Gasteiger partial charge in [0.1, 0.15) is 0 Å². The van der Waals surface area contributed by atoms with Gasteiger partial charge in [0.25, 0.3) is 0 Å². The van der Waals surface area contributed by atoms with E-state index in [1.54, 1.807) is 0 Å². The molecule has 0 aromatic carbocycles. The molecule has 0 saturated heterocycles. The monoisotopic (exact) mass is 152 g/mol. The van der Waals surface area contributed by atoms with Crippen LogP contribution in [0.4, 0.5) is 0 Å². The molecule has 0 aliphatic rings. The van der Waals surface area contributed by atoms with Crippen LogP contribution in [0.2, 0.25) is 0 Å². The summed E-state index contributed by atoms with van der Waals surface area (Å²) in [5, 5.41) is 0. The van der Waals surface area contributed by atoms with Gasteiger partial charge in [-0.15, -0.1) is 0 Å². The molecule has 0 radical (unpaired) electrons. The average molecular weight is 152 g/mol. The molecular weight excluding hydrogens is 132 g/mol. The molecule has 0 amide bonds. The molecule has 0 N–H and O–H groups in total. The molecule has 64 valence electrons. The summed E-state index contributed by atoms with van der Waals surface area (Å²) in [4.78, 5) is 0. The Hall–Kier alpha value is -0.520. The quantitative estimate of drug-likeness (QED) is 0.534. The minimum Gasteiger partial charge on any atom is -0.0842 e. The van der Waals surface area contributed by atoms with E-state index in [0.717, 1.165) is 6.42 Å². The van der Waals surface area contributed by atoms with Gasteiger partial charge in [-0.3, -0.25) is 0 Å². The Morgan fingerprint density at radius 1 is 1.09 bits per heavy atom. The number of allylic oxidation sites excluding steroid dienone is 4. The minimum absolute atomic E-state index is 1.15. The molecule has 11 heavy (non-hydrogen) atoms. The predicted molar refractivity (Wildman–Crippen MR) is 52.7 cm³/mol. The number of rotatable bonds is 3. The van der Waals surface area contributed by atoms with Crippen molar-refractivity contribution in [2.75, 3.05) is 0 Å². The van der Waals surface area contributed by atoms with Crippen molar-refractivity contribution in [3.05, 3.63) is 22.8 Å². The lowest BCUT2D eigenvalue weighted by atomic mass is 9.99. The molecule has 0 nitrogen and oxygen atoms in total. The zero-order chi connectivity index (χ0) is 8.85. The van der Waals surface area contributed by atoms with E-state index in [0.29, 0.717) is 0 Å². The fraction of sp³-hybridized carbons (Fsp3) is 0.636. The third-order valence-electron chi connectivity index (χ3n) is 2.38. The molecule has 0 fully saturated rings. The van der Waals surface area contributed by atoms with Crippen molar-refractivity contribution < 1.29 is 0 Å². The largest absolute Gasteiger partial charge is 0.0842 e. The van der Waals surface area contributed by atoms with Crippen LogP contribution in [-0.4, -0.2) is 0 Å². The maximum atomic E-state index is 2.22. The number of hydrogen-bond acceptors (Lipinski definition) is 0. The molecule has 0 unspecified atom stereocenters. The van der Waals surface area contributed by atoms with Gasteiger partial charge in [-0.25, -0.2) is 0 Å². The first-order chi connectivity index (χ1) is 5.17. The summed E-state index contributed by atoms with van der Waals surface area (Å²) >= 11 is 0. The van der Waals surface area contributed by atoms with Gasteiger partial charge < -0.3 is 0 Å². The van der Waals surface area contributed by atoms with Crippen molar-refractivity contribution in [3.8, 4) is 0 Å². The zero-order valence-electron chi connectivity index (χ0n) is 8.49. The smallest absolute Gasteiger partial charge is 0.0308 e. The molecule has 0 bridgehead atoms. The van der Waals surface area contributed by atoms with Crippen LogP contribution in [0.15, 0.2) is 22.8 Å². The van der Waals surface area contributed by atoms with Crippen molar-refractivity contribution in [3.63, 3.8) is 0 Å². The van der Waals surface area contributed by atoms with E-state index in [1.807, 2.05) is 0 Å². The summed E-state index contributed by atoms with van der Waals surface area (Å²) in [6.45, 7) is 11.0. The summed E-state index contributed by atoms with van der Waals surface area (Å²) in [5.41, 5.74) is 4.49. The van der Waals surface area contributed by atoms with E-state index in [1.165, 1.54) is 23.1 Å². The summed E-state index contributed by atoms with van der Waals surface area (Å²) in [5.74, 6) is 0. The van der Waals surface area contributed by atoms with E-state index >= 15 is 0 Å². The fourth-order valence-corrected chi connectivity index (χ4v) is 1.23. The summed E-state index contributed by atoms with van der Waals surface area (Å²) in [6.07, 6.45) is 4.54. The third kappa shape index (κ3) is 2.92. The second kappa shape index (κ2) is 5.17. The van der Waals surface area contributed by atoms with Crippen molar-refractivity contribution in [1.82, 2.24) is 0 Å². The first-order valence-electron chi connectivity index (χ1n) is 4.49. The van der Waals surface area contributed by atoms with Crippen LogP contribution in [0, 0.1) is 0 Å². The zero-order valence-corrected chi connectivity index (χ0v) is 8.49. The summed E-state index contributed by atoms with van der Waals surface area (Å²) in [6, 6.07) is 0. The first kappa shape index (κ1) is 10.5. The van der Waals surface area contributed by atoms with Crippen LogP contribution >= 0.6 is 0 Å². The minimum atomic E-state index is 1.15. The normalized spacial score (nSPS) is 14.8. The van der Waals surface area contributed by atoms with Gasteiger partial charge in [0.2, 0.25) is 0 Å². The second-order valence-electron chi connectivity index (χ2n) is 2.93. The Labute approximate surface area is 71.0 Å². The van der Waals surface area contributed by atoms with Gasteiger partial charge in [-0.05, 0) is 44.8 Å². The highest BCUT2D eigenvalue weighted by Crippen LogP contribution is 2.18. The molecule has 0 heterocycles. The molecule has 0 aliphatic heterocycles. The van der Waals surface area contributed by atoms with Gasteiger partial charge in [-0.2, -0.15) is 0 Å². The van der Waals surface area contributed by atoms with Gasteiger partial charge in [0.15, 0.2) is 0 Å². The maximum Gasteiger partial charge on any atom is -0.0308 e. The van der Waals surface area contributed by atoms with Crippen molar-refractivity contribution >= 4 is 0 Å². The number of hydrogen-bond donors (Lipinski definition) is 0. The molecule has 0 aromatic heterocycles. The van der Waals surface area contributed by atoms with Crippen molar-refractivity contribution in [1.29, 1.82) is 0 Å². The van der Waals surface area contributed by atoms with Crippen LogP contribution in [0.5, 0.6) is 0 Å². The Kier molecular flexibility index (Phi) is 4.93. The second-order valence-corrected chi connectivity index (χ2v) is 2.93. The van der Waals surface area contributed by atoms with Crippen molar-refractivity contribution in [2.45, 2.75) is 47.5 Å². The van der Waals surface area contributed by atoms with Gasteiger partial charge >= 0.3 is 0 Å². The third-order valence-corrected chi connectivity index (χ3v) is 2.38. The molecule has 0 saturated carbocycles. The first-order valence-corrected chi connectivity index (χ1v) is 4.49. The molecular formula is C11H20. The Morgan fingerprint density at radius 2 is 1.64 bits per heavy atom. The van der Waals surface area contributed by atoms with Crippen LogP contribution in [-0.2, 0) is 0 Å². The van der Waals surface area contributed by atoms with Crippen LogP contribution in [0.3, 0.4) is 0 Å². The molecule has 0 aromatic rings. The Bertz CT molecular complexity index is 170. The van der Waals surface area contributed by atoms with Crippen LogP contribution < -0.4 is 0 Å². The topological polar surface area (TPSA) is 0 Å². The van der Waals surface area contributed by atoms with Crippen LogP contribution in [0.1, 0.15) is 47.5 Å². The van der Waals surface area contributed by atoms with Crippen LogP contribution in [0.25, 0.3) is 0 Å². The maximum absolute atomic E-state index is 2.22. The van der Waals surface area contributed by atoms with E-state index in [2.05, 4.69) is 40.7 Å². The van der Waals surface area contributed by atoms with E-state index in [-0.39, 0.29) is 0 Å². The summed E-state index contributed by atoms with van der Waals surface area (Å²) < 4.78 is 0. The lowest BCUT2D eigenvalue weighted by Gasteiger charge is -2.07. The molecule has 0 spiro atoms. The van der Waals surface area contributed by atoms with Crippen molar-refractivity contribution in [2.24, 2.45) is 0 Å². The molecule has 0 aliphatic carbocycles. The standard InChI is InChI=1S/C11H20/c1-6-9(4)10(5)11(7-2)8-3/h7H,6,8H2,1-5H3/b10-9-,11-7-. The van der Waals surface area contributed by atoms with Gasteiger partial charge in [0.05, 0.1) is 0 Å². The summed E-state index contributed by atoms with van der Waals surface area (Å²) in [7, 11) is 0. The SMILES string of the molecule is C/C=C(CC)\C(C)=C(\C)CC. The Morgan fingerprint density at radius 3 is 1.91 bits per heavy atom. The lowest BCUT2D eigenvalue weighted by molar-refractivity contribution is 1.02. The predicted octanol–water partition coefficient (Wildman–Crippen LogP) is 4.09. The van der Waals surface area contributed by atoms with E-state index in [4.69, 9.17) is 0 Å². The molecule has 0 rings (SSSR count). The van der Waals surface area contributed by atoms with Gasteiger partial charge in [-0.1, -0.05) is 25.5 Å². The van der Waals surface area contributed by atoms with E-state index in [9.17, 15) is 0 Å². The molecule has 0 heteroatoms. The average Bonchev–Trinajstić information content (AvgIpc) is 2.05. The highest BCUT2D eigenvalue weighted by molar-refractivity contribution is 5.32. The Balaban J connectivity index is 4.57. The lowest BCUT2D eigenvalue weighted by Crippen LogP contribution is -1.87. The fourth-order valence-electron chi connectivity index (χ4n) is 1.23.